The number of rotatable bonds is 5. The van der Waals surface area contributed by atoms with Crippen LogP contribution in [0.5, 0.6) is 0 Å². The van der Waals surface area contributed by atoms with Crippen molar-refractivity contribution >= 4 is 27.8 Å². The van der Waals surface area contributed by atoms with Crippen molar-refractivity contribution in [1.29, 1.82) is 0 Å². The van der Waals surface area contributed by atoms with Gasteiger partial charge in [0.2, 0.25) is 5.91 Å². The Balaban J connectivity index is 1.68. The smallest absolute Gasteiger partial charge is 0.321 e. The maximum Gasteiger partial charge on any atom is 0.321 e. The summed E-state index contributed by atoms with van der Waals surface area (Å²) in [7, 11) is 1.34. The Morgan fingerprint density at radius 2 is 2.17 bits per heavy atom. The second-order valence-electron chi connectivity index (χ2n) is 5.43. The molecule has 2 bridgehead atoms. The van der Waals surface area contributed by atoms with Gasteiger partial charge in [-0.1, -0.05) is 22.4 Å². The Bertz CT molecular complexity index is 334. The molecule has 0 spiro atoms. The summed E-state index contributed by atoms with van der Waals surface area (Å²) >= 11 is 3.19. The van der Waals surface area contributed by atoms with Gasteiger partial charge in [-0.2, -0.15) is 0 Å². The molecule has 2 fully saturated rings. The van der Waals surface area contributed by atoms with E-state index in [-0.39, 0.29) is 11.9 Å². The highest BCUT2D eigenvalue weighted by molar-refractivity contribution is 9.10. The summed E-state index contributed by atoms with van der Waals surface area (Å²) < 4.78 is 4.58. The first-order valence-corrected chi connectivity index (χ1v) is 7.50. The van der Waals surface area contributed by atoms with Gasteiger partial charge in [-0.05, 0) is 37.0 Å². The van der Waals surface area contributed by atoms with Gasteiger partial charge < -0.3 is 10.1 Å². The first-order valence-electron chi connectivity index (χ1n) is 6.58. The third-order valence-corrected chi connectivity index (χ3v) is 4.97. The first-order chi connectivity index (χ1) is 8.60. The predicted molar refractivity (Wildman–Crippen MR) is 71.3 cm³/mol. The number of nitrogens with one attached hydrogen (secondary N) is 1. The van der Waals surface area contributed by atoms with Gasteiger partial charge in [-0.3, -0.25) is 9.59 Å². The van der Waals surface area contributed by atoms with E-state index < -0.39 is 4.83 Å². The molecule has 102 valence electrons. The molecule has 1 amide bonds. The van der Waals surface area contributed by atoms with Gasteiger partial charge in [0.1, 0.15) is 4.83 Å². The molecular weight excluding hydrogens is 298 g/mol. The number of amides is 1. The second-order valence-corrected chi connectivity index (χ2v) is 6.54. The van der Waals surface area contributed by atoms with Crippen LogP contribution in [-0.2, 0) is 14.3 Å². The van der Waals surface area contributed by atoms with E-state index in [0.29, 0.717) is 18.9 Å². The molecule has 0 aromatic heterocycles. The lowest BCUT2D eigenvalue weighted by Crippen LogP contribution is -2.35. The van der Waals surface area contributed by atoms with Crippen LogP contribution in [0, 0.1) is 17.8 Å². The highest BCUT2D eigenvalue weighted by atomic mass is 79.9. The first kappa shape index (κ1) is 13.8. The minimum atomic E-state index is -0.452. The summed E-state index contributed by atoms with van der Waals surface area (Å²) in [5.41, 5.74) is 0. The fraction of sp³-hybridized carbons (Fsp3) is 0.846. The summed E-state index contributed by atoms with van der Waals surface area (Å²) in [4.78, 5) is 22.5. The topological polar surface area (TPSA) is 55.4 Å². The third kappa shape index (κ3) is 3.25. The van der Waals surface area contributed by atoms with Crippen LogP contribution >= 0.6 is 15.9 Å². The molecule has 0 saturated heterocycles. The molecule has 4 unspecified atom stereocenters. The van der Waals surface area contributed by atoms with Gasteiger partial charge in [0.25, 0.3) is 0 Å². The molecule has 4 nitrogen and oxygen atoms in total. The lowest BCUT2D eigenvalue weighted by Gasteiger charge is -2.21. The highest BCUT2D eigenvalue weighted by Crippen LogP contribution is 2.49. The Labute approximate surface area is 116 Å². The molecule has 0 aromatic rings. The second kappa shape index (κ2) is 6.04. The average molecular weight is 318 g/mol. The molecule has 0 heterocycles. The van der Waals surface area contributed by atoms with Crippen LogP contribution in [0.4, 0.5) is 0 Å². The van der Waals surface area contributed by atoms with E-state index in [4.69, 9.17) is 0 Å². The molecule has 2 aliphatic carbocycles. The van der Waals surface area contributed by atoms with E-state index in [1.54, 1.807) is 0 Å². The van der Waals surface area contributed by atoms with Crippen molar-refractivity contribution in [2.45, 2.75) is 36.9 Å². The maximum absolute atomic E-state index is 11.8. The quantitative estimate of drug-likeness (QED) is 0.622. The summed E-state index contributed by atoms with van der Waals surface area (Å²) in [5.74, 6) is 1.90. The number of ether oxygens (including phenoxy) is 1. The highest BCUT2D eigenvalue weighted by Gasteiger charge is 2.40. The number of esters is 1. The largest absolute Gasteiger partial charge is 0.468 e. The molecule has 0 aromatic carbocycles. The molecule has 5 heteroatoms. The Hall–Kier alpha value is -0.580. The predicted octanol–water partition coefficient (Wildman–Crippen LogP) is 1.87. The minimum absolute atomic E-state index is 0.0564. The van der Waals surface area contributed by atoms with Crippen LogP contribution in [0.15, 0.2) is 0 Å². The fourth-order valence-electron chi connectivity index (χ4n) is 3.35. The number of hydrogen-bond acceptors (Lipinski definition) is 3. The number of fused-ring (bicyclic) bond motifs is 2. The zero-order valence-electron chi connectivity index (χ0n) is 10.7. The molecule has 1 N–H and O–H groups in total. The molecule has 0 aliphatic heterocycles. The Morgan fingerprint density at radius 3 is 2.72 bits per heavy atom. The zero-order chi connectivity index (χ0) is 13.1. The van der Waals surface area contributed by atoms with Crippen molar-refractivity contribution < 1.29 is 14.3 Å². The van der Waals surface area contributed by atoms with Crippen molar-refractivity contribution in [3.8, 4) is 0 Å². The van der Waals surface area contributed by atoms with Crippen LogP contribution in [0.25, 0.3) is 0 Å². The molecule has 2 rings (SSSR count). The SMILES string of the molecule is COC(=O)C(Br)CNC(=O)CC1CC2CCC1C2. The van der Waals surface area contributed by atoms with Crippen molar-refractivity contribution in [3.05, 3.63) is 0 Å². The molecule has 2 saturated carbocycles. The lowest BCUT2D eigenvalue weighted by molar-refractivity contribution is -0.139. The fourth-order valence-corrected chi connectivity index (χ4v) is 3.70. The van der Waals surface area contributed by atoms with Gasteiger partial charge >= 0.3 is 5.97 Å². The Morgan fingerprint density at radius 1 is 1.39 bits per heavy atom. The molecule has 0 radical (unpaired) electrons. The number of halogens is 1. The minimum Gasteiger partial charge on any atom is -0.468 e. The number of carbonyl (C=O) groups excluding carboxylic acids is 2. The Kier molecular flexibility index (Phi) is 4.65. The van der Waals surface area contributed by atoms with Crippen LogP contribution in [0.1, 0.15) is 32.1 Å². The molecular formula is C13H20BrNO3. The van der Waals surface area contributed by atoms with Gasteiger partial charge in [-0.15, -0.1) is 0 Å². The van der Waals surface area contributed by atoms with Crippen molar-refractivity contribution in [3.63, 3.8) is 0 Å². The summed E-state index contributed by atoms with van der Waals surface area (Å²) in [6.45, 7) is 0.298. The zero-order valence-corrected chi connectivity index (χ0v) is 12.2. The maximum atomic E-state index is 11.8. The van der Waals surface area contributed by atoms with E-state index in [1.807, 2.05) is 0 Å². The lowest BCUT2D eigenvalue weighted by atomic mass is 9.86. The van der Waals surface area contributed by atoms with E-state index in [2.05, 4.69) is 26.0 Å². The van der Waals surface area contributed by atoms with E-state index in [1.165, 1.54) is 32.8 Å². The number of carbonyl (C=O) groups is 2. The molecule has 2 aliphatic rings. The van der Waals surface area contributed by atoms with Crippen LogP contribution < -0.4 is 5.32 Å². The molecule has 4 atom stereocenters. The van der Waals surface area contributed by atoms with Crippen molar-refractivity contribution in [2.24, 2.45) is 17.8 Å². The summed E-state index contributed by atoms with van der Waals surface area (Å²) in [5, 5.41) is 2.80. The van der Waals surface area contributed by atoms with Gasteiger partial charge in [0, 0.05) is 13.0 Å². The number of alkyl halides is 1. The standard InChI is InChI=1S/C13H20BrNO3/c1-18-13(17)11(14)7-15-12(16)6-10-5-8-2-3-9(10)4-8/h8-11H,2-7H2,1H3,(H,15,16). The third-order valence-electron chi connectivity index (χ3n) is 4.27. The molecule has 18 heavy (non-hydrogen) atoms. The normalized spacial score (nSPS) is 31.1. The van der Waals surface area contributed by atoms with E-state index >= 15 is 0 Å². The monoisotopic (exact) mass is 317 g/mol. The van der Waals surface area contributed by atoms with Gasteiger partial charge in [0.15, 0.2) is 0 Å². The van der Waals surface area contributed by atoms with Crippen LogP contribution in [-0.4, -0.2) is 30.4 Å². The van der Waals surface area contributed by atoms with Crippen LogP contribution in [0.2, 0.25) is 0 Å². The van der Waals surface area contributed by atoms with Crippen molar-refractivity contribution in [1.82, 2.24) is 5.32 Å². The van der Waals surface area contributed by atoms with Crippen LogP contribution in [0.3, 0.4) is 0 Å². The van der Waals surface area contributed by atoms with Gasteiger partial charge in [-0.25, -0.2) is 0 Å². The van der Waals surface area contributed by atoms with E-state index in [9.17, 15) is 9.59 Å². The van der Waals surface area contributed by atoms with Crippen molar-refractivity contribution in [2.75, 3.05) is 13.7 Å². The van der Waals surface area contributed by atoms with Gasteiger partial charge in [0.05, 0.1) is 7.11 Å². The number of hydrogen-bond donors (Lipinski definition) is 1. The summed E-state index contributed by atoms with van der Waals surface area (Å²) in [6.07, 6.45) is 5.80. The number of methoxy groups -OCH3 is 1. The summed E-state index contributed by atoms with van der Waals surface area (Å²) in [6, 6.07) is 0. The average Bonchev–Trinajstić information content (AvgIpc) is 2.97. The van der Waals surface area contributed by atoms with E-state index in [0.717, 1.165) is 11.8 Å².